The van der Waals surface area contributed by atoms with E-state index in [-0.39, 0.29) is 5.17 Å². The minimum Gasteiger partial charge on any atom is -0.379 e. The highest BCUT2D eigenvalue weighted by Gasteiger charge is 2.10. The number of amidine groups is 1. The zero-order chi connectivity index (χ0) is 9.68. The summed E-state index contributed by atoms with van der Waals surface area (Å²) in [7, 11) is 0. The zero-order valence-electron chi connectivity index (χ0n) is 7.66. The fourth-order valence-electron chi connectivity index (χ4n) is 1.21. The van der Waals surface area contributed by atoms with Gasteiger partial charge < -0.3 is 5.73 Å². The van der Waals surface area contributed by atoms with Gasteiger partial charge in [0.1, 0.15) is 0 Å². The van der Waals surface area contributed by atoms with Crippen LogP contribution in [0.1, 0.15) is 24.2 Å². The van der Waals surface area contributed by atoms with Gasteiger partial charge in [-0.25, -0.2) is 0 Å². The number of benzene rings is 1. The summed E-state index contributed by atoms with van der Waals surface area (Å²) >= 11 is 1.41. The van der Waals surface area contributed by atoms with Gasteiger partial charge in [-0.15, -0.1) is 0 Å². The summed E-state index contributed by atoms with van der Waals surface area (Å²) in [6.45, 7) is 2.10. The second-order valence-corrected chi connectivity index (χ2v) is 4.03. The van der Waals surface area contributed by atoms with Crippen LogP contribution >= 0.6 is 11.8 Å². The maximum Gasteiger partial charge on any atom is 0.151 e. The Morgan fingerprint density at radius 2 is 2.08 bits per heavy atom. The van der Waals surface area contributed by atoms with Crippen LogP contribution in [0.15, 0.2) is 30.3 Å². The van der Waals surface area contributed by atoms with Gasteiger partial charge in [0.25, 0.3) is 0 Å². The monoisotopic (exact) mass is 194 g/mol. The van der Waals surface area contributed by atoms with Gasteiger partial charge in [0.05, 0.1) is 0 Å². The number of hydrogen-bond acceptors (Lipinski definition) is 2. The van der Waals surface area contributed by atoms with E-state index in [9.17, 15) is 0 Å². The third kappa shape index (κ3) is 3.11. The second kappa shape index (κ2) is 4.92. The number of nitrogens with two attached hydrogens (primary N) is 1. The largest absolute Gasteiger partial charge is 0.379 e. The summed E-state index contributed by atoms with van der Waals surface area (Å²) < 4.78 is 0. The topological polar surface area (TPSA) is 49.9 Å². The van der Waals surface area contributed by atoms with Crippen molar-refractivity contribution in [2.24, 2.45) is 5.73 Å². The van der Waals surface area contributed by atoms with E-state index in [1.165, 1.54) is 17.3 Å². The first-order chi connectivity index (χ1) is 6.24. The van der Waals surface area contributed by atoms with Crippen LogP contribution < -0.4 is 5.73 Å². The molecule has 0 aliphatic heterocycles. The molecule has 0 bridgehead atoms. The lowest BCUT2D eigenvalue weighted by molar-refractivity contribution is 0.900. The van der Waals surface area contributed by atoms with Crippen molar-refractivity contribution < 1.29 is 0 Å². The lowest BCUT2D eigenvalue weighted by Gasteiger charge is -2.12. The summed E-state index contributed by atoms with van der Waals surface area (Å²) in [5.74, 6) is 0. The van der Waals surface area contributed by atoms with Crippen LogP contribution in [0.4, 0.5) is 0 Å². The van der Waals surface area contributed by atoms with Crippen molar-refractivity contribution in [3.05, 3.63) is 35.9 Å². The lowest BCUT2D eigenvalue weighted by atomic mass is 10.1. The van der Waals surface area contributed by atoms with E-state index in [2.05, 4.69) is 19.1 Å². The highest BCUT2D eigenvalue weighted by Crippen LogP contribution is 2.30. The standard InChI is InChI=1S/C10H14N2S/c1-2-9(13-10(11)12)8-6-4-3-5-7-8/h3-7,9H,2H2,1H3,(H3,11,12)/t9-/m0/s1. The Bertz CT molecular complexity index is 272. The maximum absolute atomic E-state index is 7.22. The van der Waals surface area contributed by atoms with Crippen molar-refractivity contribution in [1.29, 1.82) is 5.41 Å². The first-order valence-electron chi connectivity index (χ1n) is 4.29. The highest BCUT2D eigenvalue weighted by atomic mass is 32.2. The van der Waals surface area contributed by atoms with Crippen LogP contribution in [0.25, 0.3) is 0 Å². The maximum atomic E-state index is 7.22. The molecule has 0 heterocycles. The number of hydrogen-bond donors (Lipinski definition) is 2. The molecule has 1 atom stereocenters. The molecule has 0 unspecified atom stereocenters. The van der Waals surface area contributed by atoms with Crippen molar-refractivity contribution in [3.8, 4) is 0 Å². The van der Waals surface area contributed by atoms with Gasteiger partial charge in [-0.1, -0.05) is 49.0 Å². The predicted molar refractivity (Wildman–Crippen MR) is 59.0 cm³/mol. The predicted octanol–water partition coefficient (Wildman–Crippen LogP) is 2.76. The molecule has 0 spiro atoms. The van der Waals surface area contributed by atoms with Crippen molar-refractivity contribution >= 4 is 16.9 Å². The van der Waals surface area contributed by atoms with E-state index in [1.54, 1.807) is 0 Å². The molecule has 0 radical (unpaired) electrons. The third-order valence-corrected chi connectivity index (χ3v) is 2.96. The van der Waals surface area contributed by atoms with Gasteiger partial charge in [-0.2, -0.15) is 0 Å². The molecule has 70 valence electrons. The Labute approximate surface area is 83.0 Å². The summed E-state index contributed by atoms with van der Waals surface area (Å²) in [5.41, 5.74) is 6.59. The van der Waals surface area contributed by atoms with Gasteiger partial charge in [0.2, 0.25) is 0 Å². The summed E-state index contributed by atoms with van der Waals surface area (Å²) in [5, 5.41) is 7.73. The first kappa shape index (κ1) is 10.1. The second-order valence-electron chi connectivity index (χ2n) is 2.79. The van der Waals surface area contributed by atoms with E-state index in [0.29, 0.717) is 5.25 Å². The van der Waals surface area contributed by atoms with E-state index in [4.69, 9.17) is 11.1 Å². The van der Waals surface area contributed by atoms with Crippen LogP contribution in [0.5, 0.6) is 0 Å². The Balaban J connectivity index is 2.73. The molecule has 0 saturated carbocycles. The van der Waals surface area contributed by atoms with Gasteiger partial charge in [0, 0.05) is 5.25 Å². The molecular formula is C10H14N2S. The Kier molecular flexibility index (Phi) is 3.83. The molecule has 3 N–H and O–H groups in total. The Morgan fingerprint density at radius 1 is 1.46 bits per heavy atom. The molecule has 1 aromatic rings. The Hall–Kier alpha value is -0.960. The van der Waals surface area contributed by atoms with Crippen LogP contribution in [0, 0.1) is 5.41 Å². The molecule has 0 saturated heterocycles. The molecule has 1 aromatic carbocycles. The minimum absolute atomic E-state index is 0.190. The molecule has 0 aromatic heterocycles. The minimum atomic E-state index is 0.190. The molecule has 0 fully saturated rings. The molecule has 0 aliphatic rings. The first-order valence-corrected chi connectivity index (χ1v) is 5.17. The summed E-state index contributed by atoms with van der Waals surface area (Å²) in [4.78, 5) is 0. The molecular weight excluding hydrogens is 180 g/mol. The van der Waals surface area contributed by atoms with Crippen LogP contribution in [0.3, 0.4) is 0 Å². The molecule has 3 heteroatoms. The Morgan fingerprint density at radius 3 is 2.54 bits per heavy atom. The molecule has 13 heavy (non-hydrogen) atoms. The zero-order valence-corrected chi connectivity index (χ0v) is 8.47. The fourth-order valence-corrected chi connectivity index (χ4v) is 1.97. The van der Waals surface area contributed by atoms with E-state index in [1.807, 2.05) is 18.2 Å². The van der Waals surface area contributed by atoms with E-state index in [0.717, 1.165) is 6.42 Å². The van der Waals surface area contributed by atoms with Crippen LogP contribution in [-0.4, -0.2) is 5.17 Å². The summed E-state index contributed by atoms with van der Waals surface area (Å²) in [6, 6.07) is 10.2. The van der Waals surface area contributed by atoms with Gasteiger partial charge in [-0.3, -0.25) is 5.41 Å². The average molecular weight is 194 g/mol. The number of thioether (sulfide) groups is 1. The van der Waals surface area contributed by atoms with E-state index < -0.39 is 0 Å². The van der Waals surface area contributed by atoms with Gasteiger partial charge >= 0.3 is 0 Å². The third-order valence-electron chi connectivity index (χ3n) is 1.81. The molecule has 1 rings (SSSR count). The SMILES string of the molecule is CC[C@H](SC(=N)N)c1ccccc1. The smallest absolute Gasteiger partial charge is 0.151 e. The van der Waals surface area contributed by atoms with Crippen molar-refractivity contribution in [2.75, 3.05) is 0 Å². The van der Waals surface area contributed by atoms with Gasteiger partial charge in [-0.05, 0) is 12.0 Å². The van der Waals surface area contributed by atoms with Gasteiger partial charge in [0.15, 0.2) is 5.17 Å². The van der Waals surface area contributed by atoms with Crippen LogP contribution in [0.2, 0.25) is 0 Å². The fraction of sp³-hybridized carbons (Fsp3) is 0.300. The van der Waals surface area contributed by atoms with Crippen molar-refractivity contribution in [3.63, 3.8) is 0 Å². The molecule has 0 aliphatic carbocycles. The van der Waals surface area contributed by atoms with E-state index >= 15 is 0 Å². The summed E-state index contributed by atoms with van der Waals surface area (Å²) in [6.07, 6.45) is 0.994. The number of rotatable bonds is 3. The van der Waals surface area contributed by atoms with Crippen molar-refractivity contribution in [1.82, 2.24) is 0 Å². The molecule has 0 amide bonds. The van der Waals surface area contributed by atoms with Crippen molar-refractivity contribution in [2.45, 2.75) is 18.6 Å². The highest BCUT2D eigenvalue weighted by molar-refractivity contribution is 8.13. The molecule has 2 nitrogen and oxygen atoms in total. The lowest BCUT2D eigenvalue weighted by Crippen LogP contribution is -2.07. The quantitative estimate of drug-likeness (QED) is 0.574. The van der Waals surface area contributed by atoms with Crippen LogP contribution in [-0.2, 0) is 0 Å². The average Bonchev–Trinajstić information content (AvgIpc) is 2.15. The normalized spacial score (nSPS) is 12.4. The number of nitrogens with one attached hydrogen (secondary N) is 1.